The van der Waals surface area contributed by atoms with Crippen molar-refractivity contribution in [2.75, 3.05) is 51.3 Å². The Balaban J connectivity index is 1.41. The topological polar surface area (TPSA) is 91.1 Å². The summed E-state index contributed by atoms with van der Waals surface area (Å²) in [7, 11) is 1.69. The molecule has 2 fully saturated rings. The van der Waals surface area contributed by atoms with E-state index >= 15 is 0 Å². The van der Waals surface area contributed by atoms with Crippen LogP contribution in [0.1, 0.15) is 38.5 Å². The lowest BCUT2D eigenvalue weighted by Crippen LogP contribution is -2.52. The molecule has 0 bridgehead atoms. The molecule has 0 aromatic heterocycles. The van der Waals surface area contributed by atoms with Crippen LogP contribution in [0, 0.1) is 5.92 Å². The summed E-state index contributed by atoms with van der Waals surface area (Å²) >= 11 is 0. The SMILES string of the molecule is COc1ccccc1N1CCN(CCC(=O)NN(CC2CCCCC2)C(N)=O)CC1. The largest absolute Gasteiger partial charge is 0.495 e. The Hall–Kier alpha value is -2.48. The number of carbonyl (C=O) groups excluding carboxylic acids is 2. The van der Waals surface area contributed by atoms with Gasteiger partial charge in [-0.05, 0) is 30.9 Å². The first-order valence-corrected chi connectivity index (χ1v) is 11.0. The predicted octanol–water partition coefficient (Wildman–Crippen LogP) is 2.20. The quantitative estimate of drug-likeness (QED) is 0.664. The maximum atomic E-state index is 12.4. The van der Waals surface area contributed by atoms with Crippen LogP contribution in [-0.2, 0) is 4.79 Å². The molecule has 1 saturated carbocycles. The standard InChI is InChI=1S/C22H35N5O3/c1-30-20-10-6-5-9-19(20)26-15-13-25(14-16-26)12-11-21(28)24-27(22(23)29)17-18-7-3-2-4-8-18/h5-6,9-10,18H,2-4,7-8,11-17H2,1H3,(H2,23,29)(H,24,28). The molecule has 0 spiro atoms. The predicted molar refractivity (Wildman–Crippen MR) is 117 cm³/mol. The molecule has 3 N–H and O–H groups in total. The van der Waals surface area contributed by atoms with Gasteiger partial charge in [0.1, 0.15) is 5.75 Å². The average molecular weight is 418 g/mol. The third-order valence-electron chi connectivity index (χ3n) is 6.14. The van der Waals surface area contributed by atoms with Gasteiger partial charge in [0.2, 0.25) is 5.91 Å². The highest BCUT2D eigenvalue weighted by atomic mass is 16.5. The van der Waals surface area contributed by atoms with Crippen molar-refractivity contribution in [2.24, 2.45) is 11.7 Å². The van der Waals surface area contributed by atoms with Crippen molar-refractivity contribution < 1.29 is 14.3 Å². The fourth-order valence-corrected chi connectivity index (χ4v) is 4.39. The van der Waals surface area contributed by atoms with Crippen LogP contribution in [-0.4, -0.2) is 68.2 Å². The molecule has 8 heteroatoms. The summed E-state index contributed by atoms with van der Waals surface area (Å²) in [6, 6.07) is 7.46. The van der Waals surface area contributed by atoms with E-state index in [4.69, 9.17) is 10.5 Å². The molecule has 1 heterocycles. The number of rotatable bonds is 7. The number of carbonyl (C=O) groups is 2. The van der Waals surface area contributed by atoms with E-state index in [0.29, 0.717) is 25.4 Å². The normalized spacial score (nSPS) is 18.1. The lowest BCUT2D eigenvalue weighted by Gasteiger charge is -2.36. The van der Waals surface area contributed by atoms with E-state index in [1.165, 1.54) is 24.3 Å². The molecule has 0 radical (unpaired) electrons. The van der Waals surface area contributed by atoms with Crippen LogP contribution in [0.25, 0.3) is 0 Å². The molecule has 1 saturated heterocycles. The monoisotopic (exact) mass is 417 g/mol. The summed E-state index contributed by atoms with van der Waals surface area (Å²) in [5.41, 5.74) is 9.31. The lowest BCUT2D eigenvalue weighted by atomic mass is 9.89. The summed E-state index contributed by atoms with van der Waals surface area (Å²) in [5.74, 6) is 1.15. The van der Waals surface area contributed by atoms with Crippen LogP contribution < -0.4 is 20.8 Å². The van der Waals surface area contributed by atoms with Crippen molar-refractivity contribution in [3.63, 3.8) is 0 Å². The molecule has 1 aromatic rings. The zero-order valence-corrected chi connectivity index (χ0v) is 18.0. The van der Waals surface area contributed by atoms with E-state index in [9.17, 15) is 9.59 Å². The zero-order chi connectivity index (χ0) is 21.3. The minimum absolute atomic E-state index is 0.156. The van der Waals surface area contributed by atoms with Crippen molar-refractivity contribution in [1.82, 2.24) is 15.3 Å². The number of hydrogen-bond acceptors (Lipinski definition) is 5. The number of para-hydroxylation sites is 2. The van der Waals surface area contributed by atoms with Gasteiger partial charge in [-0.2, -0.15) is 0 Å². The number of primary amides is 1. The van der Waals surface area contributed by atoms with E-state index < -0.39 is 6.03 Å². The van der Waals surface area contributed by atoms with E-state index in [-0.39, 0.29) is 5.91 Å². The van der Waals surface area contributed by atoms with Gasteiger partial charge in [-0.3, -0.25) is 15.1 Å². The number of ether oxygens (including phenoxy) is 1. The first-order chi connectivity index (χ1) is 14.6. The Morgan fingerprint density at radius 2 is 1.83 bits per heavy atom. The van der Waals surface area contributed by atoms with Crippen LogP contribution in [0.2, 0.25) is 0 Å². The lowest BCUT2D eigenvalue weighted by molar-refractivity contribution is -0.125. The summed E-state index contributed by atoms with van der Waals surface area (Å²) in [5, 5.41) is 1.30. The number of methoxy groups -OCH3 is 1. The summed E-state index contributed by atoms with van der Waals surface area (Å²) < 4.78 is 5.46. The molecule has 1 aliphatic carbocycles. The number of amides is 3. The van der Waals surface area contributed by atoms with Crippen LogP contribution in [0.15, 0.2) is 24.3 Å². The van der Waals surface area contributed by atoms with Gasteiger partial charge in [0, 0.05) is 45.7 Å². The summed E-state index contributed by atoms with van der Waals surface area (Å²) in [4.78, 5) is 28.7. The average Bonchev–Trinajstić information content (AvgIpc) is 2.78. The number of hydrogen-bond donors (Lipinski definition) is 2. The highest BCUT2D eigenvalue weighted by molar-refractivity contribution is 5.80. The molecule has 1 aliphatic heterocycles. The van der Waals surface area contributed by atoms with Crippen molar-refractivity contribution in [3.8, 4) is 5.75 Å². The molecule has 30 heavy (non-hydrogen) atoms. The molecule has 166 valence electrons. The molecule has 2 aliphatic rings. The van der Waals surface area contributed by atoms with Gasteiger partial charge in [-0.1, -0.05) is 31.4 Å². The number of nitrogens with two attached hydrogens (primary N) is 1. The third kappa shape index (κ3) is 6.26. The first-order valence-electron chi connectivity index (χ1n) is 11.0. The van der Waals surface area contributed by atoms with Gasteiger partial charge < -0.3 is 15.4 Å². The molecule has 3 rings (SSSR count). The molecule has 3 amide bonds. The Morgan fingerprint density at radius 3 is 2.50 bits per heavy atom. The van der Waals surface area contributed by atoms with Gasteiger partial charge in [0.15, 0.2) is 0 Å². The van der Waals surface area contributed by atoms with E-state index in [1.54, 1.807) is 7.11 Å². The number of nitrogens with zero attached hydrogens (tertiary/aromatic N) is 3. The van der Waals surface area contributed by atoms with Crippen LogP contribution in [0.3, 0.4) is 0 Å². The van der Waals surface area contributed by atoms with Gasteiger partial charge in [0.05, 0.1) is 12.8 Å². The third-order valence-corrected chi connectivity index (χ3v) is 6.14. The van der Waals surface area contributed by atoms with Crippen molar-refractivity contribution in [2.45, 2.75) is 38.5 Å². The van der Waals surface area contributed by atoms with E-state index in [0.717, 1.165) is 50.5 Å². The number of anilines is 1. The first kappa shape index (κ1) is 22.2. The number of piperazine rings is 1. The smallest absolute Gasteiger partial charge is 0.333 e. The van der Waals surface area contributed by atoms with Crippen LogP contribution in [0.5, 0.6) is 5.75 Å². The Kier molecular flexibility index (Phi) is 8.19. The molecule has 0 unspecified atom stereocenters. The van der Waals surface area contributed by atoms with Crippen LogP contribution >= 0.6 is 0 Å². The molecular formula is C22H35N5O3. The zero-order valence-electron chi connectivity index (χ0n) is 18.0. The van der Waals surface area contributed by atoms with Crippen molar-refractivity contribution >= 4 is 17.6 Å². The number of urea groups is 1. The number of benzene rings is 1. The van der Waals surface area contributed by atoms with Gasteiger partial charge in [-0.15, -0.1) is 0 Å². The molecule has 8 nitrogen and oxygen atoms in total. The Bertz CT molecular complexity index is 700. The molecule has 0 atom stereocenters. The van der Waals surface area contributed by atoms with Gasteiger partial charge >= 0.3 is 6.03 Å². The fourth-order valence-electron chi connectivity index (χ4n) is 4.39. The van der Waals surface area contributed by atoms with Gasteiger partial charge in [0.25, 0.3) is 0 Å². The Morgan fingerprint density at radius 1 is 1.13 bits per heavy atom. The second kappa shape index (κ2) is 11.1. The minimum Gasteiger partial charge on any atom is -0.495 e. The maximum Gasteiger partial charge on any atom is 0.333 e. The van der Waals surface area contributed by atoms with E-state index in [1.807, 2.05) is 18.2 Å². The second-order valence-electron chi connectivity index (χ2n) is 8.24. The highest BCUT2D eigenvalue weighted by Gasteiger charge is 2.23. The van der Waals surface area contributed by atoms with Crippen molar-refractivity contribution in [3.05, 3.63) is 24.3 Å². The second-order valence-corrected chi connectivity index (χ2v) is 8.24. The highest BCUT2D eigenvalue weighted by Crippen LogP contribution is 2.28. The van der Waals surface area contributed by atoms with Crippen molar-refractivity contribution in [1.29, 1.82) is 0 Å². The van der Waals surface area contributed by atoms with Gasteiger partial charge in [-0.25, -0.2) is 9.80 Å². The minimum atomic E-state index is -0.584. The maximum absolute atomic E-state index is 12.4. The fraction of sp³-hybridized carbons (Fsp3) is 0.636. The molecular weight excluding hydrogens is 382 g/mol. The van der Waals surface area contributed by atoms with E-state index in [2.05, 4.69) is 21.3 Å². The number of hydrazine groups is 1. The van der Waals surface area contributed by atoms with Crippen LogP contribution in [0.4, 0.5) is 10.5 Å². The Labute approximate surface area is 179 Å². The summed E-state index contributed by atoms with van der Waals surface area (Å²) in [6.45, 7) is 4.72. The summed E-state index contributed by atoms with van der Waals surface area (Å²) in [6.07, 6.45) is 6.16. The molecule has 1 aromatic carbocycles. The number of nitrogens with one attached hydrogen (secondary N) is 1.